The average Bonchev–Trinajstić information content (AvgIpc) is 3.33. The predicted molar refractivity (Wildman–Crippen MR) is 142 cm³/mol. The number of nitrogens with one attached hydrogen (secondary N) is 2. The molecule has 0 radical (unpaired) electrons. The second-order valence-electron chi connectivity index (χ2n) is 6.70. The summed E-state index contributed by atoms with van der Waals surface area (Å²) in [5.74, 6) is -2.20. The summed E-state index contributed by atoms with van der Waals surface area (Å²) in [5, 5.41) is 5.33. The standard InChI is InChI=1S/C8H3BrClNO2.C8H4BrNO2.C3Cl3N3O3/c9-6-3(10)1-2-4-5(6)7(12)8(13)11-4;9-4-2-1-3-5-6(4)7(11)8(12)10-5;4-7-1(10)8(5)3(12)9(6)2(7)11/h1-2H,(H,11,12,13);1-3H,(H,10,11,12);. The van der Waals surface area contributed by atoms with Crippen LogP contribution in [0.25, 0.3) is 0 Å². The van der Waals surface area contributed by atoms with Crippen molar-refractivity contribution in [3.8, 4) is 0 Å². The molecule has 0 atom stereocenters. The lowest BCUT2D eigenvalue weighted by Gasteiger charge is -2.00. The van der Waals surface area contributed by atoms with Gasteiger partial charge in [-0.1, -0.05) is 17.7 Å². The van der Waals surface area contributed by atoms with Crippen LogP contribution in [0.1, 0.15) is 20.7 Å². The Labute approximate surface area is 241 Å². The van der Waals surface area contributed by atoms with Crippen LogP contribution in [-0.2, 0) is 9.59 Å². The quantitative estimate of drug-likeness (QED) is 0.339. The molecule has 192 valence electrons. The summed E-state index contributed by atoms with van der Waals surface area (Å²) in [6.07, 6.45) is 0. The Balaban J connectivity index is 0.000000154. The number of nitrogens with zero attached hydrogens (tertiary/aromatic N) is 3. The highest BCUT2D eigenvalue weighted by molar-refractivity contribution is 9.11. The molecule has 2 aliphatic rings. The fourth-order valence-corrected chi connectivity index (χ4v) is 4.60. The van der Waals surface area contributed by atoms with Gasteiger partial charge < -0.3 is 10.6 Å². The third-order valence-electron chi connectivity index (χ3n) is 4.48. The first-order valence-corrected chi connectivity index (χ1v) is 12.2. The Hall–Kier alpha value is -2.75. The lowest BCUT2D eigenvalue weighted by atomic mass is 10.1. The van der Waals surface area contributed by atoms with Gasteiger partial charge in [0.25, 0.3) is 23.4 Å². The lowest BCUT2D eigenvalue weighted by Crippen LogP contribution is -2.47. The van der Waals surface area contributed by atoms with E-state index in [0.29, 0.717) is 36.5 Å². The Morgan fingerprint density at radius 1 is 0.622 bits per heavy atom. The van der Waals surface area contributed by atoms with Gasteiger partial charge in [0, 0.05) is 44.3 Å². The Morgan fingerprint density at radius 3 is 1.51 bits per heavy atom. The minimum absolute atomic E-state index is 0.0847. The van der Waals surface area contributed by atoms with Crippen molar-refractivity contribution in [2.24, 2.45) is 0 Å². The summed E-state index contributed by atoms with van der Waals surface area (Å²) in [6, 6.07) is 8.41. The summed E-state index contributed by atoms with van der Waals surface area (Å²) < 4.78 is 1.38. The normalized spacial score (nSPS) is 13.0. The van der Waals surface area contributed by atoms with E-state index in [1.807, 2.05) is 0 Å². The second-order valence-corrected chi connectivity index (χ2v) is 9.77. The first kappa shape index (κ1) is 28.8. The van der Waals surface area contributed by atoms with Crippen LogP contribution in [-0.4, -0.2) is 35.6 Å². The van der Waals surface area contributed by atoms with Gasteiger partial charge in [-0.15, -0.1) is 12.3 Å². The molecular weight excluding hydrogens is 712 g/mol. The van der Waals surface area contributed by atoms with Gasteiger partial charge in [0.2, 0.25) is 0 Å². The fourth-order valence-electron chi connectivity index (χ4n) is 2.80. The number of hydrogen-bond acceptors (Lipinski definition) is 7. The summed E-state index contributed by atoms with van der Waals surface area (Å²) in [7, 11) is 0. The number of amides is 2. The topological polar surface area (TPSA) is 158 Å². The first-order chi connectivity index (χ1) is 17.3. The van der Waals surface area contributed by atoms with Crippen LogP contribution < -0.4 is 27.7 Å². The zero-order chi connectivity index (χ0) is 27.8. The molecule has 2 aliphatic heterocycles. The van der Waals surface area contributed by atoms with Gasteiger partial charge in [-0.3, -0.25) is 19.2 Å². The molecule has 1 aromatic heterocycles. The molecule has 0 unspecified atom stereocenters. The van der Waals surface area contributed by atoms with Gasteiger partial charge >= 0.3 is 17.1 Å². The van der Waals surface area contributed by atoms with E-state index in [2.05, 4.69) is 42.5 Å². The smallest absolute Gasteiger partial charge is 0.318 e. The highest BCUT2D eigenvalue weighted by Crippen LogP contribution is 2.35. The van der Waals surface area contributed by atoms with E-state index in [0.717, 1.165) is 0 Å². The van der Waals surface area contributed by atoms with E-state index in [-0.39, 0.29) is 12.3 Å². The molecule has 3 aromatic rings. The van der Waals surface area contributed by atoms with Gasteiger partial charge in [0.1, 0.15) is 0 Å². The minimum atomic E-state index is -1.16. The monoisotopic (exact) mass is 715 g/mol. The Kier molecular flexibility index (Phi) is 8.82. The SMILES string of the molecule is O=C1Nc2ccc(Cl)c(Br)c2C1=O.O=C1Nc2cccc(Br)c2C1=O.O=c1n(Cl)c(=O)n(Cl)c(=O)n1Cl. The van der Waals surface area contributed by atoms with Gasteiger partial charge in [-0.2, -0.15) is 0 Å². The number of ketones is 2. The van der Waals surface area contributed by atoms with Crippen molar-refractivity contribution in [2.75, 3.05) is 10.6 Å². The third-order valence-corrected chi connectivity index (χ3v) is 7.37. The van der Waals surface area contributed by atoms with Crippen LogP contribution in [0.5, 0.6) is 0 Å². The van der Waals surface area contributed by atoms with Crippen molar-refractivity contribution in [2.45, 2.75) is 0 Å². The van der Waals surface area contributed by atoms with Gasteiger partial charge in [0.15, 0.2) is 0 Å². The van der Waals surface area contributed by atoms with Crippen LogP contribution in [0.15, 0.2) is 53.7 Å². The maximum atomic E-state index is 11.3. The van der Waals surface area contributed by atoms with Crippen molar-refractivity contribution in [3.05, 3.63) is 86.9 Å². The molecule has 0 aliphatic carbocycles. The van der Waals surface area contributed by atoms with E-state index in [4.69, 9.17) is 46.9 Å². The van der Waals surface area contributed by atoms with Crippen molar-refractivity contribution < 1.29 is 19.2 Å². The average molecular weight is 719 g/mol. The number of carbonyl (C=O) groups excluding carboxylic acids is 4. The van der Waals surface area contributed by atoms with Gasteiger partial charge in [0.05, 0.1) is 27.5 Å². The molecule has 5 rings (SSSR count). The molecule has 2 aromatic carbocycles. The van der Waals surface area contributed by atoms with E-state index in [1.165, 1.54) is 0 Å². The zero-order valence-corrected chi connectivity index (χ0v) is 23.5. The molecule has 0 spiro atoms. The summed E-state index contributed by atoms with van der Waals surface area (Å²) >= 11 is 27.4. The summed E-state index contributed by atoms with van der Waals surface area (Å²) in [6.45, 7) is 0. The van der Waals surface area contributed by atoms with Crippen molar-refractivity contribution in [1.82, 2.24) is 12.3 Å². The number of Topliss-reactive ketones (excluding diaryl/α,β-unsaturated/α-hetero) is 2. The second kappa shape index (κ2) is 11.3. The van der Waals surface area contributed by atoms with Gasteiger partial charge in [-0.25, -0.2) is 14.4 Å². The third kappa shape index (κ3) is 5.58. The molecule has 0 fully saturated rings. The van der Waals surface area contributed by atoms with E-state index in [9.17, 15) is 33.6 Å². The number of hydrogen-bond donors (Lipinski definition) is 2. The molecule has 37 heavy (non-hydrogen) atoms. The largest absolute Gasteiger partial charge is 0.366 e. The highest BCUT2D eigenvalue weighted by atomic mass is 79.9. The van der Waals surface area contributed by atoms with Crippen LogP contribution in [0.2, 0.25) is 5.02 Å². The van der Waals surface area contributed by atoms with Crippen molar-refractivity contribution >= 4 is 114 Å². The van der Waals surface area contributed by atoms with Crippen molar-refractivity contribution in [1.29, 1.82) is 0 Å². The molecule has 12 nitrogen and oxygen atoms in total. The molecular formula is C19H7Br2Cl4N5O7. The molecule has 0 bridgehead atoms. The number of benzene rings is 2. The fraction of sp³-hybridized carbons (Fsp3) is 0. The van der Waals surface area contributed by atoms with Crippen LogP contribution in [0, 0.1) is 0 Å². The van der Waals surface area contributed by atoms with E-state index >= 15 is 0 Å². The molecule has 2 N–H and O–H groups in total. The minimum Gasteiger partial charge on any atom is -0.318 e. The molecule has 0 saturated carbocycles. The maximum Gasteiger partial charge on any atom is 0.366 e. The zero-order valence-electron chi connectivity index (χ0n) is 17.4. The van der Waals surface area contributed by atoms with Crippen molar-refractivity contribution in [3.63, 3.8) is 0 Å². The van der Waals surface area contributed by atoms with Gasteiger partial charge in [-0.05, 0) is 56.1 Å². The number of carbonyl (C=O) groups is 4. The number of rotatable bonds is 0. The summed E-state index contributed by atoms with van der Waals surface area (Å²) in [4.78, 5) is 76.6. The molecule has 18 heteroatoms. The number of fused-ring (bicyclic) bond motifs is 2. The maximum absolute atomic E-state index is 11.3. The highest BCUT2D eigenvalue weighted by Gasteiger charge is 2.31. The first-order valence-electron chi connectivity index (χ1n) is 9.25. The molecule has 2 amide bonds. The molecule has 0 saturated heterocycles. The number of halogens is 6. The van der Waals surface area contributed by atoms with Crippen LogP contribution >= 0.6 is 78.8 Å². The van der Waals surface area contributed by atoms with Crippen LogP contribution in [0.4, 0.5) is 11.4 Å². The Bertz CT molecular complexity index is 1600. The lowest BCUT2D eigenvalue weighted by molar-refractivity contribution is -0.112. The van der Waals surface area contributed by atoms with E-state index in [1.54, 1.807) is 30.3 Å². The van der Waals surface area contributed by atoms with Crippen LogP contribution in [0.3, 0.4) is 0 Å². The van der Waals surface area contributed by atoms with E-state index < -0.39 is 40.5 Å². The Morgan fingerprint density at radius 2 is 1.05 bits per heavy atom. The predicted octanol–water partition coefficient (Wildman–Crippen LogP) is 3.00. The molecule has 3 heterocycles. The number of anilines is 2. The summed E-state index contributed by atoms with van der Waals surface area (Å²) in [5.41, 5.74) is -1.65. The number of aromatic nitrogens is 3.